The number of nitrogens with one attached hydrogen (secondary N) is 2. The maximum Gasteiger partial charge on any atom is 0.338 e. The fraction of sp³-hybridized carbons (Fsp3) is 0.273. The number of esters is 1. The molecule has 1 aliphatic rings. The first kappa shape index (κ1) is 20.9. The second-order valence-corrected chi connectivity index (χ2v) is 7.29. The number of carbonyl (C=O) groups is 2. The predicted molar refractivity (Wildman–Crippen MR) is 112 cm³/mol. The first-order valence-electron chi connectivity index (χ1n) is 9.43. The Morgan fingerprint density at radius 1 is 1.14 bits per heavy atom. The SMILES string of the molecule is CCOC(=O)C1=C(CN(C)Cc2ccccc2)NC(=O)NC1c1cccc(Cl)c1. The highest BCUT2D eigenvalue weighted by Crippen LogP contribution is 2.29. The summed E-state index contributed by atoms with van der Waals surface area (Å²) in [5.74, 6) is -0.465. The molecule has 2 amide bonds. The molecule has 0 bridgehead atoms. The van der Waals surface area contributed by atoms with E-state index in [0.29, 0.717) is 29.4 Å². The summed E-state index contributed by atoms with van der Waals surface area (Å²) < 4.78 is 5.29. The molecule has 0 aromatic heterocycles. The Hall–Kier alpha value is -2.83. The minimum atomic E-state index is -0.637. The Balaban J connectivity index is 1.94. The Bertz CT molecular complexity index is 915. The third-order valence-electron chi connectivity index (χ3n) is 4.55. The van der Waals surface area contributed by atoms with Crippen molar-refractivity contribution in [2.24, 2.45) is 0 Å². The smallest absolute Gasteiger partial charge is 0.338 e. The maximum atomic E-state index is 12.8. The molecule has 0 radical (unpaired) electrons. The third kappa shape index (κ3) is 5.37. The van der Waals surface area contributed by atoms with E-state index in [2.05, 4.69) is 10.6 Å². The van der Waals surface area contributed by atoms with E-state index >= 15 is 0 Å². The van der Waals surface area contributed by atoms with Crippen LogP contribution in [0.1, 0.15) is 24.1 Å². The number of rotatable bonds is 7. The third-order valence-corrected chi connectivity index (χ3v) is 4.79. The molecule has 0 spiro atoms. The number of nitrogens with zero attached hydrogens (tertiary/aromatic N) is 1. The second kappa shape index (κ2) is 9.58. The van der Waals surface area contributed by atoms with Gasteiger partial charge in [-0.15, -0.1) is 0 Å². The summed E-state index contributed by atoms with van der Waals surface area (Å²) in [7, 11) is 1.94. The highest BCUT2D eigenvalue weighted by Gasteiger charge is 2.34. The van der Waals surface area contributed by atoms with E-state index in [-0.39, 0.29) is 12.6 Å². The zero-order valence-electron chi connectivity index (χ0n) is 16.4. The average molecular weight is 414 g/mol. The van der Waals surface area contributed by atoms with Gasteiger partial charge in [-0.1, -0.05) is 54.1 Å². The molecule has 7 heteroatoms. The Morgan fingerprint density at radius 2 is 1.90 bits per heavy atom. The van der Waals surface area contributed by atoms with E-state index in [4.69, 9.17) is 16.3 Å². The molecule has 29 heavy (non-hydrogen) atoms. The van der Waals surface area contributed by atoms with Crippen molar-refractivity contribution in [1.82, 2.24) is 15.5 Å². The average Bonchev–Trinajstić information content (AvgIpc) is 2.68. The summed E-state index contributed by atoms with van der Waals surface area (Å²) in [6, 6.07) is 16.1. The van der Waals surface area contributed by atoms with Gasteiger partial charge < -0.3 is 15.4 Å². The first-order valence-corrected chi connectivity index (χ1v) is 9.81. The molecule has 0 saturated heterocycles. The zero-order valence-corrected chi connectivity index (χ0v) is 17.2. The molecule has 3 rings (SSSR count). The van der Waals surface area contributed by atoms with Gasteiger partial charge >= 0.3 is 12.0 Å². The molecule has 1 aliphatic heterocycles. The summed E-state index contributed by atoms with van der Waals surface area (Å²) in [5, 5.41) is 6.14. The minimum Gasteiger partial charge on any atom is -0.463 e. The lowest BCUT2D eigenvalue weighted by atomic mass is 9.95. The lowest BCUT2D eigenvalue weighted by Gasteiger charge is -2.31. The number of hydrogen-bond acceptors (Lipinski definition) is 4. The highest BCUT2D eigenvalue weighted by atomic mass is 35.5. The van der Waals surface area contributed by atoms with Gasteiger partial charge in [0.15, 0.2) is 0 Å². The molecule has 1 heterocycles. The molecule has 0 aliphatic carbocycles. The molecule has 0 fully saturated rings. The van der Waals surface area contributed by atoms with Crippen LogP contribution < -0.4 is 10.6 Å². The molecule has 152 valence electrons. The van der Waals surface area contributed by atoms with E-state index in [0.717, 1.165) is 11.1 Å². The van der Waals surface area contributed by atoms with Gasteiger partial charge in [-0.3, -0.25) is 4.90 Å². The number of halogens is 1. The molecule has 0 saturated carbocycles. The lowest BCUT2D eigenvalue weighted by molar-refractivity contribution is -0.139. The first-order chi connectivity index (χ1) is 14.0. The second-order valence-electron chi connectivity index (χ2n) is 6.86. The van der Waals surface area contributed by atoms with Gasteiger partial charge in [0, 0.05) is 23.8 Å². The largest absolute Gasteiger partial charge is 0.463 e. The maximum absolute atomic E-state index is 12.8. The van der Waals surface area contributed by atoms with Gasteiger partial charge in [-0.25, -0.2) is 9.59 Å². The monoisotopic (exact) mass is 413 g/mol. The molecular formula is C22H24ClN3O3. The van der Waals surface area contributed by atoms with Crippen molar-refractivity contribution in [2.75, 3.05) is 20.2 Å². The Kier molecular flexibility index (Phi) is 6.90. The topological polar surface area (TPSA) is 70.7 Å². The van der Waals surface area contributed by atoms with Crippen LogP contribution in [-0.2, 0) is 16.1 Å². The summed E-state index contributed by atoms with van der Waals surface area (Å²) in [6.07, 6.45) is 0. The van der Waals surface area contributed by atoms with Crippen molar-refractivity contribution in [3.05, 3.63) is 82.0 Å². The normalized spacial score (nSPS) is 16.4. The summed E-state index contributed by atoms with van der Waals surface area (Å²) in [5.41, 5.74) is 2.77. The standard InChI is InChI=1S/C22H24ClN3O3/c1-3-29-21(27)19-18(14-26(2)13-15-8-5-4-6-9-15)24-22(28)25-20(19)16-10-7-11-17(23)12-16/h4-12,20H,3,13-14H2,1-2H3,(H2,24,25,28). The van der Waals surface area contributed by atoms with Crippen molar-refractivity contribution < 1.29 is 14.3 Å². The quantitative estimate of drug-likeness (QED) is 0.680. The number of likely N-dealkylation sites (N-methyl/N-ethyl adjacent to an activating group) is 1. The van der Waals surface area contributed by atoms with Crippen LogP contribution in [0.25, 0.3) is 0 Å². The molecule has 2 aromatic rings. The van der Waals surface area contributed by atoms with Crippen molar-refractivity contribution in [3.63, 3.8) is 0 Å². The summed E-state index contributed by atoms with van der Waals surface area (Å²) in [4.78, 5) is 27.2. The zero-order chi connectivity index (χ0) is 20.8. The van der Waals surface area contributed by atoms with Crippen LogP contribution in [-0.4, -0.2) is 37.1 Å². The van der Waals surface area contributed by atoms with Crippen LogP contribution >= 0.6 is 11.6 Å². The summed E-state index contributed by atoms with van der Waals surface area (Å²) >= 11 is 6.13. The number of amides is 2. The van der Waals surface area contributed by atoms with Gasteiger partial charge in [0.1, 0.15) is 0 Å². The van der Waals surface area contributed by atoms with Gasteiger partial charge in [-0.2, -0.15) is 0 Å². The summed E-state index contributed by atoms with van der Waals surface area (Å²) in [6.45, 7) is 3.05. The molecule has 2 N–H and O–H groups in total. The lowest BCUT2D eigenvalue weighted by Crippen LogP contribution is -2.48. The van der Waals surface area contributed by atoms with Crippen LogP contribution in [0.3, 0.4) is 0 Å². The van der Waals surface area contributed by atoms with Crippen molar-refractivity contribution in [2.45, 2.75) is 19.5 Å². The highest BCUT2D eigenvalue weighted by molar-refractivity contribution is 6.30. The fourth-order valence-electron chi connectivity index (χ4n) is 3.35. The fourth-order valence-corrected chi connectivity index (χ4v) is 3.55. The predicted octanol–water partition coefficient (Wildman–Crippen LogP) is 3.64. The number of ether oxygens (including phenoxy) is 1. The number of hydrogen-bond donors (Lipinski definition) is 2. The van der Waals surface area contributed by atoms with Crippen molar-refractivity contribution in [3.8, 4) is 0 Å². The van der Waals surface area contributed by atoms with E-state index < -0.39 is 12.0 Å². The van der Waals surface area contributed by atoms with Gasteiger partial charge in [0.05, 0.1) is 18.2 Å². The van der Waals surface area contributed by atoms with Gasteiger partial charge in [0.2, 0.25) is 0 Å². The van der Waals surface area contributed by atoms with Crippen molar-refractivity contribution >= 4 is 23.6 Å². The molecule has 1 unspecified atom stereocenters. The van der Waals surface area contributed by atoms with Crippen LogP contribution in [0.4, 0.5) is 4.79 Å². The van der Waals surface area contributed by atoms with E-state index in [9.17, 15) is 9.59 Å². The molecule has 1 atom stereocenters. The Labute approximate surface area is 175 Å². The molecular weight excluding hydrogens is 390 g/mol. The Morgan fingerprint density at radius 3 is 2.59 bits per heavy atom. The minimum absolute atomic E-state index is 0.242. The van der Waals surface area contributed by atoms with E-state index in [1.165, 1.54) is 0 Å². The van der Waals surface area contributed by atoms with Crippen LogP contribution in [0.2, 0.25) is 5.02 Å². The van der Waals surface area contributed by atoms with Crippen LogP contribution in [0.15, 0.2) is 65.9 Å². The van der Waals surface area contributed by atoms with Gasteiger partial charge in [0.25, 0.3) is 0 Å². The number of carbonyl (C=O) groups excluding carboxylic acids is 2. The van der Waals surface area contributed by atoms with Gasteiger partial charge in [-0.05, 0) is 37.2 Å². The van der Waals surface area contributed by atoms with Crippen LogP contribution in [0, 0.1) is 0 Å². The van der Waals surface area contributed by atoms with Crippen LogP contribution in [0.5, 0.6) is 0 Å². The number of benzene rings is 2. The van der Waals surface area contributed by atoms with E-state index in [1.807, 2.05) is 48.3 Å². The van der Waals surface area contributed by atoms with Crippen molar-refractivity contribution in [1.29, 1.82) is 0 Å². The number of urea groups is 1. The van der Waals surface area contributed by atoms with E-state index in [1.54, 1.807) is 25.1 Å². The molecule has 2 aromatic carbocycles. The molecule has 6 nitrogen and oxygen atoms in total.